The summed E-state index contributed by atoms with van der Waals surface area (Å²) < 4.78 is 1.73. The van der Waals surface area contributed by atoms with Crippen molar-refractivity contribution in [2.75, 3.05) is 5.75 Å². The van der Waals surface area contributed by atoms with Crippen LogP contribution in [-0.2, 0) is 11.3 Å². The van der Waals surface area contributed by atoms with Crippen LogP contribution in [0.1, 0.15) is 58.3 Å². The Kier molecular flexibility index (Phi) is 7.33. The van der Waals surface area contributed by atoms with Gasteiger partial charge in [-0.1, -0.05) is 62.9 Å². The molecule has 1 aliphatic carbocycles. The maximum atomic E-state index is 12.9. The monoisotopic (exact) mass is 387 g/mol. The second kappa shape index (κ2) is 9.93. The molecule has 1 amide bonds. The second-order valence-electron chi connectivity index (χ2n) is 7.27. The Morgan fingerprint density at radius 1 is 1.22 bits per heavy atom. The van der Waals surface area contributed by atoms with Gasteiger partial charge in [0.2, 0.25) is 5.91 Å². The highest BCUT2D eigenvalue weighted by molar-refractivity contribution is 7.99. The SMILES string of the molecule is CCCCn1c(SCC(=O)NC2CCCCCC2)nc2ccccc2c1=O. The lowest BCUT2D eigenvalue weighted by molar-refractivity contribution is -0.119. The predicted octanol–water partition coefficient (Wildman–Crippen LogP) is 4.13. The number of para-hydroxylation sites is 1. The van der Waals surface area contributed by atoms with Crippen molar-refractivity contribution in [1.29, 1.82) is 0 Å². The summed E-state index contributed by atoms with van der Waals surface area (Å²) in [6.07, 6.45) is 9.00. The minimum atomic E-state index is -0.0132. The van der Waals surface area contributed by atoms with Gasteiger partial charge in [-0.25, -0.2) is 4.98 Å². The molecule has 1 saturated carbocycles. The topological polar surface area (TPSA) is 64.0 Å². The van der Waals surface area contributed by atoms with E-state index >= 15 is 0 Å². The lowest BCUT2D eigenvalue weighted by Gasteiger charge is -2.17. The Labute approximate surface area is 164 Å². The fourth-order valence-corrected chi connectivity index (χ4v) is 4.43. The number of unbranched alkanes of at least 4 members (excludes halogenated alkanes) is 1. The van der Waals surface area contributed by atoms with Gasteiger partial charge in [0, 0.05) is 12.6 Å². The number of aromatic nitrogens is 2. The number of nitrogens with one attached hydrogen (secondary N) is 1. The number of carbonyl (C=O) groups excluding carboxylic acids is 1. The van der Waals surface area contributed by atoms with Crippen molar-refractivity contribution in [1.82, 2.24) is 14.9 Å². The van der Waals surface area contributed by atoms with Crippen LogP contribution in [-0.4, -0.2) is 27.3 Å². The molecular formula is C21H29N3O2S. The molecule has 0 aliphatic heterocycles. The van der Waals surface area contributed by atoms with Gasteiger partial charge in [-0.05, 0) is 31.4 Å². The zero-order valence-corrected chi connectivity index (χ0v) is 16.9. The average Bonchev–Trinajstić information content (AvgIpc) is 2.94. The van der Waals surface area contributed by atoms with Gasteiger partial charge in [0.15, 0.2) is 5.16 Å². The summed E-state index contributed by atoms with van der Waals surface area (Å²) in [7, 11) is 0. The van der Waals surface area contributed by atoms with E-state index in [0.29, 0.717) is 34.4 Å². The van der Waals surface area contributed by atoms with Gasteiger partial charge in [0.25, 0.3) is 5.56 Å². The number of nitrogens with zero attached hydrogens (tertiary/aromatic N) is 2. The van der Waals surface area contributed by atoms with Gasteiger partial charge in [-0.15, -0.1) is 0 Å². The Balaban J connectivity index is 1.72. The standard InChI is InChI=1S/C21H29N3O2S/c1-2-3-14-24-20(26)17-12-8-9-13-18(17)23-21(24)27-15-19(25)22-16-10-6-4-5-7-11-16/h8-9,12-13,16H,2-7,10-11,14-15H2,1H3,(H,22,25). The summed E-state index contributed by atoms with van der Waals surface area (Å²) in [6, 6.07) is 7.73. The lowest BCUT2D eigenvalue weighted by atomic mass is 10.1. The number of hydrogen-bond donors (Lipinski definition) is 1. The van der Waals surface area contributed by atoms with Crippen molar-refractivity contribution in [3.8, 4) is 0 Å². The second-order valence-corrected chi connectivity index (χ2v) is 8.21. The molecule has 1 fully saturated rings. The fourth-order valence-electron chi connectivity index (χ4n) is 3.59. The molecule has 0 unspecified atom stereocenters. The highest BCUT2D eigenvalue weighted by Crippen LogP contribution is 2.20. The van der Waals surface area contributed by atoms with E-state index in [0.717, 1.165) is 25.7 Å². The third kappa shape index (κ3) is 5.34. The molecule has 1 N–H and O–H groups in total. The number of carbonyl (C=O) groups is 1. The first-order valence-electron chi connectivity index (χ1n) is 10.1. The molecular weight excluding hydrogens is 358 g/mol. The van der Waals surface area contributed by atoms with Crippen LogP contribution in [0.4, 0.5) is 0 Å². The summed E-state index contributed by atoms with van der Waals surface area (Å²) in [5.74, 6) is 0.337. The van der Waals surface area contributed by atoms with Crippen LogP contribution in [0, 0.1) is 0 Å². The molecule has 0 atom stereocenters. The molecule has 3 rings (SSSR count). The van der Waals surface area contributed by atoms with E-state index in [-0.39, 0.29) is 11.5 Å². The van der Waals surface area contributed by atoms with Gasteiger partial charge in [0.1, 0.15) is 0 Å². The summed E-state index contributed by atoms with van der Waals surface area (Å²) in [5, 5.41) is 4.45. The molecule has 146 valence electrons. The van der Waals surface area contributed by atoms with E-state index in [1.807, 2.05) is 24.3 Å². The molecule has 1 aromatic heterocycles. The number of benzene rings is 1. The maximum Gasteiger partial charge on any atom is 0.262 e. The van der Waals surface area contributed by atoms with E-state index < -0.39 is 0 Å². The number of amides is 1. The molecule has 0 saturated heterocycles. The first-order valence-corrected chi connectivity index (χ1v) is 11.1. The predicted molar refractivity (Wildman–Crippen MR) is 111 cm³/mol. The van der Waals surface area contributed by atoms with E-state index in [1.54, 1.807) is 4.57 Å². The maximum absolute atomic E-state index is 12.9. The normalized spacial score (nSPS) is 15.6. The highest BCUT2D eigenvalue weighted by atomic mass is 32.2. The average molecular weight is 388 g/mol. The number of fused-ring (bicyclic) bond motifs is 1. The Morgan fingerprint density at radius 3 is 2.70 bits per heavy atom. The van der Waals surface area contributed by atoms with Crippen LogP contribution in [0.15, 0.2) is 34.2 Å². The van der Waals surface area contributed by atoms with Gasteiger partial charge in [-0.2, -0.15) is 0 Å². The first-order chi connectivity index (χ1) is 13.2. The third-order valence-corrected chi connectivity index (χ3v) is 6.09. The van der Waals surface area contributed by atoms with Crippen molar-refractivity contribution in [3.63, 3.8) is 0 Å². The zero-order chi connectivity index (χ0) is 19.1. The molecule has 0 bridgehead atoms. The van der Waals surface area contributed by atoms with Crippen LogP contribution in [0.2, 0.25) is 0 Å². The summed E-state index contributed by atoms with van der Waals surface area (Å²) in [5.41, 5.74) is 0.683. The number of rotatable bonds is 7. The highest BCUT2D eigenvalue weighted by Gasteiger charge is 2.16. The largest absolute Gasteiger partial charge is 0.353 e. The Morgan fingerprint density at radius 2 is 1.96 bits per heavy atom. The van der Waals surface area contributed by atoms with Crippen LogP contribution in [0.3, 0.4) is 0 Å². The van der Waals surface area contributed by atoms with Gasteiger partial charge in [0.05, 0.1) is 16.7 Å². The van der Waals surface area contributed by atoms with Crippen molar-refractivity contribution < 1.29 is 4.79 Å². The Hall–Kier alpha value is -1.82. The fraction of sp³-hybridized carbons (Fsp3) is 0.571. The lowest BCUT2D eigenvalue weighted by Crippen LogP contribution is -2.35. The minimum Gasteiger partial charge on any atom is -0.353 e. The van der Waals surface area contributed by atoms with Crippen molar-refractivity contribution in [3.05, 3.63) is 34.6 Å². The van der Waals surface area contributed by atoms with Crippen LogP contribution < -0.4 is 10.9 Å². The Bertz CT molecular complexity index is 826. The zero-order valence-electron chi connectivity index (χ0n) is 16.1. The van der Waals surface area contributed by atoms with E-state index in [1.165, 1.54) is 37.4 Å². The summed E-state index contributed by atoms with van der Waals surface area (Å²) in [4.78, 5) is 30.0. The smallest absolute Gasteiger partial charge is 0.262 e. The van der Waals surface area contributed by atoms with E-state index in [2.05, 4.69) is 17.2 Å². The van der Waals surface area contributed by atoms with E-state index in [9.17, 15) is 9.59 Å². The molecule has 1 aliphatic rings. The molecule has 5 nitrogen and oxygen atoms in total. The molecule has 0 radical (unpaired) electrons. The van der Waals surface area contributed by atoms with Crippen LogP contribution >= 0.6 is 11.8 Å². The van der Waals surface area contributed by atoms with Gasteiger partial charge >= 0.3 is 0 Å². The molecule has 1 heterocycles. The number of hydrogen-bond acceptors (Lipinski definition) is 4. The van der Waals surface area contributed by atoms with Gasteiger partial charge in [-0.3, -0.25) is 14.2 Å². The summed E-state index contributed by atoms with van der Waals surface area (Å²) in [6.45, 7) is 2.74. The van der Waals surface area contributed by atoms with Crippen molar-refractivity contribution in [2.45, 2.75) is 76.0 Å². The minimum absolute atomic E-state index is 0.0132. The van der Waals surface area contributed by atoms with Crippen molar-refractivity contribution in [2.24, 2.45) is 0 Å². The van der Waals surface area contributed by atoms with Crippen molar-refractivity contribution >= 4 is 28.6 Å². The summed E-state index contributed by atoms with van der Waals surface area (Å²) >= 11 is 1.37. The molecule has 2 aromatic rings. The third-order valence-electron chi connectivity index (χ3n) is 5.11. The van der Waals surface area contributed by atoms with Crippen LogP contribution in [0.25, 0.3) is 10.9 Å². The van der Waals surface area contributed by atoms with Crippen LogP contribution in [0.5, 0.6) is 0 Å². The molecule has 1 aromatic carbocycles. The quantitative estimate of drug-likeness (QED) is 0.441. The number of thioether (sulfide) groups is 1. The molecule has 27 heavy (non-hydrogen) atoms. The molecule has 6 heteroatoms. The molecule has 0 spiro atoms. The first kappa shape index (κ1) is 19.9. The van der Waals surface area contributed by atoms with Gasteiger partial charge < -0.3 is 5.32 Å². The van der Waals surface area contributed by atoms with E-state index in [4.69, 9.17) is 0 Å².